The normalized spacial score (nSPS) is 10.5. The fourth-order valence-corrected chi connectivity index (χ4v) is 1.99. The van der Waals surface area contributed by atoms with Crippen molar-refractivity contribution in [3.8, 4) is 11.8 Å². The van der Waals surface area contributed by atoms with Crippen LogP contribution in [0.2, 0.25) is 5.28 Å². The van der Waals surface area contributed by atoms with Crippen molar-refractivity contribution >= 4 is 17.5 Å². The van der Waals surface area contributed by atoms with Gasteiger partial charge in [-0.15, -0.1) is 0 Å². The number of hydrogen-bond acceptors (Lipinski definition) is 5. The highest BCUT2D eigenvalue weighted by Crippen LogP contribution is 2.24. The third kappa shape index (κ3) is 3.78. The predicted molar refractivity (Wildman–Crippen MR) is 79.6 cm³/mol. The number of halogens is 2. The lowest BCUT2D eigenvalue weighted by atomic mass is 10.2. The summed E-state index contributed by atoms with van der Waals surface area (Å²) in [6, 6.07) is 4.31. The molecule has 7 heteroatoms. The fourth-order valence-electron chi connectivity index (χ4n) is 1.84. The van der Waals surface area contributed by atoms with Gasteiger partial charge >= 0.3 is 6.01 Å². The smallest absolute Gasteiger partial charge is 0.328 e. The summed E-state index contributed by atoms with van der Waals surface area (Å²) in [5, 5.41) is 0.0571. The van der Waals surface area contributed by atoms with Gasteiger partial charge in [0.15, 0.2) is 0 Å². The molecule has 0 aliphatic rings. The fraction of sp³-hybridized carbons (Fsp3) is 0.357. The Morgan fingerprint density at radius 3 is 2.52 bits per heavy atom. The van der Waals surface area contributed by atoms with Crippen LogP contribution in [-0.2, 0) is 0 Å². The second-order valence-electron chi connectivity index (χ2n) is 4.37. The molecule has 0 N–H and O–H groups in total. The Balaban J connectivity index is 2.31. The lowest BCUT2D eigenvalue weighted by molar-refractivity contribution is 0.434. The molecule has 0 saturated heterocycles. The van der Waals surface area contributed by atoms with Gasteiger partial charge in [0, 0.05) is 13.1 Å². The van der Waals surface area contributed by atoms with Crippen LogP contribution in [0.5, 0.6) is 11.8 Å². The molecule has 0 aliphatic carbocycles. The van der Waals surface area contributed by atoms with Crippen molar-refractivity contribution in [3.05, 3.63) is 34.9 Å². The largest absolute Gasteiger partial charge is 0.424 e. The summed E-state index contributed by atoms with van der Waals surface area (Å²) in [6.07, 6.45) is 0. The lowest BCUT2D eigenvalue weighted by Crippen LogP contribution is -2.24. The summed E-state index contributed by atoms with van der Waals surface area (Å²) in [6.45, 7) is 7.21. The lowest BCUT2D eigenvalue weighted by Gasteiger charge is -2.18. The molecule has 0 amide bonds. The minimum absolute atomic E-state index is 0.0571. The summed E-state index contributed by atoms with van der Waals surface area (Å²) in [4.78, 5) is 14.2. The van der Waals surface area contributed by atoms with Crippen LogP contribution in [0.25, 0.3) is 0 Å². The van der Waals surface area contributed by atoms with Gasteiger partial charge in [-0.05, 0) is 56.1 Å². The number of rotatable bonds is 5. The van der Waals surface area contributed by atoms with Crippen molar-refractivity contribution in [2.45, 2.75) is 20.8 Å². The van der Waals surface area contributed by atoms with Crippen LogP contribution in [0.15, 0.2) is 18.2 Å². The molecule has 2 rings (SSSR count). The Labute approximate surface area is 127 Å². The van der Waals surface area contributed by atoms with Crippen LogP contribution in [0, 0.1) is 12.7 Å². The molecular weight excluding hydrogens is 295 g/mol. The molecule has 112 valence electrons. The Morgan fingerprint density at radius 2 is 1.90 bits per heavy atom. The number of hydrogen-bond donors (Lipinski definition) is 0. The van der Waals surface area contributed by atoms with E-state index < -0.39 is 0 Å². The molecule has 1 heterocycles. The molecule has 0 fully saturated rings. The van der Waals surface area contributed by atoms with Crippen LogP contribution in [0.3, 0.4) is 0 Å². The van der Waals surface area contributed by atoms with E-state index >= 15 is 0 Å². The Hall–Kier alpha value is -1.95. The SMILES string of the molecule is CCN(CC)c1nc(Cl)nc(Oc2ccc(F)cc2C)n1. The first-order valence-electron chi connectivity index (χ1n) is 6.64. The van der Waals surface area contributed by atoms with Gasteiger partial charge in [0.05, 0.1) is 0 Å². The Kier molecular flexibility index (Phi) is 4.90. The quantitative estimate of drug-likeness (QED) is 0.844. The summed E-state index contributed by atoms with van der Waals surface area (Å²) < 4.78 is 18.7. The number of benzene rings is 1. The average Bonchev–Trinajstić information content (AvgIpc) is 2.43. The molecule has 0 unspecified atom stereocenters. The third-order valence-electron chi connectivity index (χ3n) is 2.96. The molecule has 0 atom stereocenters. The van der Waals surface area contributed by atoms with E-state index in [0.717, 1.165) is 13.1 Å². The van der Waals surface area contributed by atoms with Gasteiger partial charge in [-0.1, -0.05) is 0 Å². The van der Waals surface area contributed by atoms with Crippen molar-refractivity contribution in [2.75, 3.05) is 18.0 Å². The number of anilines is 1. The zero-order valence-electron chi connectivity index (χ0n) is 12.1. The highest BCUT2D eigenvalue weighted by atomic mass is 35.5. The van der Waals surface area contributed by atoms with Gasteiger partial charge in [0.1, 0.15) is 11.6 Å². The van der Waals surface area contributed by atoms with Crippen LogP contribution >= 0.6 is 11.6 Å². The van der Waals surface area contributed by atoms with Gasteiger partial charge in [0.25, 0.3) is 0 Å². The molecule has 0 saturated carbocycles. The molecule has 21 heavy (non-hydrogen) atoms. The second-order valence-corrected chi connectivity index (χ2v) is 4.71. The minimum atomic E-state index is -0.322. The second kappa shape index (κ2) is 6.67. The molecule has 1 aromatic heterocycles. The van der Waals surface area contributed by atoms with Crippen molar-refractivity contribution in [1.82, 2.24) is 15.0 Å². The van der Waals surface area contributed by atoms with Gasteiger partial charge in [-0.25, -0.2) is 4.39 Å². The molecule has 1 aromatic carbocycles. The highest BCUT2D eigenvalue weighted by molar-refractivity contribution is 6.28. The minimum Gasteiger partial charge on any atom is -0.424 e. The monoisotopic (exact) mass is 310 g/mol. The van der Waals surface area contributed by atoms with Gasteiger partial charge in [0.2, 0.25) is 11.2 Å². The van der Waals surface area contributed by atoms with E-state index in [1.54, 1.807) is 6.92 Å². The van der Waals surface area contributed by atoms with Crippen molar-refractivity contribution in [3.63, 3.8) is 0 Å². The highest BCUT2D eigenvalue weighted by Gasteiger charge is 2.12. The van der Waals surface area contributed by atoms with Crippen LogP contribution in [-0.4, -0.2) is 28.0 Å². The molecular formula is C14H16ClFN4O. The molecule has 5 nitrogen and oxygen atoms in total. The van der Waals surface area contributed by atoms with Crippen molar-refractivity contribution in [1.29, 1.82) is 0 Å². The van der Waals surface area contributed by atoms with Crippen molar-refractivity contribution in [2.24, 2.45) is 0 Å². The van der Waals surface area contributed by atoms with E-state index in [0.29, 0.717) is 17.3 Å². The summed E-state index contributed by atoms with van der Waals surface area (Å²) in [5.74, 6) is 0.608. The molecule has 0 bridgehead atoms. The predicted octanol–water partition coefficient (Wildman–Crippen LogP) is 3.61. The number of ether oxygens (including phenoxy) is 1. The first-order valence-corrected chi connectivity index (χ1v) is 7.01. The number of aryl methyl sites for hydroxylation is 1. The first kappa shape index (κ1) is 15.4. The van der Waals surface area contributed by atoms with E-state index in [2.05, 4.69) is 15.0 Å². The zero-order valence-corrected chi connectivity index (χ0v) is 12.9. The molecule has 0 aliphatic heterocycles. The summed E-state index contributed by atoms with van der Waals surface area (Å²) in [5.41, 5.74) is 0.649. The van der Waals surface area contributed by atoms with Gasteiger partial charge < -0.3 is 9.64 Å². The maximum atomic E-state index is 13.1. The van der Waals surface area contributed by atoms with Crippen LogP contribution in [0.4, 0.5) is 10.3 Å². The summed E-state index contributed by atoms with van der Waals surface area (Å²) in [7, 11) is 0. The maximum Gasteiger partial charge on any atom is 0.328 e. The van der Waals surface area contributed by atoms with Crippen LogP contribution in [0.1, 0.15) is 19.4 Å². The van der Waals surface area contributed by atoms with E-state index in [4.69, 9.17) is 16.3 Å². The van der Waals surface area contributed by atoms with E-state index in [1.165, 1.54) is 18.2 Å². The Morgan fingerprint density at radius 1 is 1.19 bits per heavy atom. The topological polar surface area (TPSA) is 51.1 Å². The zero-order chi connectivity index (χ0) is 15.4. The molecule has 0 radical (unpaired) electrons. The van der Waals surface area contributed by atoms with E-state index in [1.807, 2.05) is 18.7 Å². The number of nitrogens with zero attached hydrogens (tertiary/aromatic N) is 4. The van der Waals surface area contributed by atoms with E-state index in [9.17, 15) is 4.39 Å². The van der Waals surface area contributed by atoms with Gasteiger partial charge in [-0.2, -0.15) is 15.0 Å². The first-order chi connectivity index (χ1) is 10.0. The Bertz CT molecular complexity index is 634. The molecule has 2 aromatic rings. The number of aromatic nitrogens is 3. The average molecular weight is 311 g/mol. The maximum absolute atomic E-state index is 13.1. The van der Waals surface area contributed by atoms with E-state index in [-0.39, 0.29) is 17.1 Å². The third-order valence-corrected chi connectivity index (χ3v) is 3.13. The molecule has 0 spiro atoms. The van der Waals surface area contributed by atoms with Gasteiger partial charge in [-0.3, -0.25) is 0 Å². The standard InChI is InChI=1S/C14H16ClFN4O/c1-4-20(5-2)13-17-12(15)18-14(19-13)21-11-7-6-10(16)8-9(11)3/h6-8H,4-5H2,1-3H3. The van der Waals surface area contributed by atoms with Crippen molar-refractivity contribution < 1.29 is 9.13 Å². The van der Waals surface area contributed by atoms with Crippen LogP contribution < -0.4 is 9.64 Å². The summed E-state index contributed by atoms with van der Waals surface area (Å²) >= 11 is 5.91.